The Morgan fingerprint density at radius 1 is 1.11 bits per heavy atom. The smallest absolute Gasteiger partial charge is 0.292 e. The van der Waals surface area contributed by atoms with Crippen molar-refractivity contribution in [1.29, 1.82) is 5.41 Å². The lowest BCUT2D eigenvalue weighted by Gasteiger charge is -2.25. The Bertz CT molecular complexity index is 2550. The van der Waals surface area contributed by atoms with E-state index in [1.54, 1.807) is 6.07 Å². The quantitative estimate of drug-likeness (QED) is 0.0383. The first-order valence-corrected chi connectivity index (χ1v) is 21.3. The van der Waals surface area contributed by atoms with Gasteiger partial charge in [-0.1, -0.05) is 31.4 Å². The van der Waals surface area contributed by atoms with Gasteiger partial charge < -0.3 is 19.9 Å². The first-order valence-electron chi connectivity index (χ1n) is 19.4. The van der Waals surface area contributed by atoms with E-state index in [1.165, 1.54) is 44.5 Å². The Kier molecular flexibility index (Phi) is 12.6. The van der Waals surface area contributed by atoms with Gasteiger partial charge >= 0.3 is 0 Å². The van der Waals surface area contributed by atoms with Crippen LogP contribution in [0.1, 0.15) is 79.0 Å². The number of rotatable bonds is 14. The number of carbonyl (C=O) groups is 1. The van der Waals surface area contributed by atoms with Crippen LogP contribution >= 0.6 is 11.6 Å². The Morgan fingerprint density at radius 2 is 1.82 bits per heavy atom. The second-order valence-electron chi connectivity index (χ2n) is 15.2. The van der Waals surface area contributed by atoms with Crippen molar-refractivity contribution in [3.63, 3.8) is 0 Å². The number of nitrogens with zero attached hydrogens (tertiary/aromatic N) is 4. The molecule has 3 aromatic carbocycles. The van der Waals surface area contributed by atoms with Gasteiger partial charge in [-0.25, -0.2) is 22.5 Å². The summed E-state index contributed by atoms with van der Waals surface area (Å²) in [4.78, 5) is 33.8. The van der Waals surface area contributed by atoms with Crippen LogP contribution in [-0.4, -0.2) is 55.5 Å². The van der Waals surface area contributed by atoms with E-state index in [4.69, 9.17) is 26.7 Å². The molecule has 3 atom stereocenters. The van der Waals surface area contributed by atoms with Gasteiger partial charge in [0.05, 0.1) is 56.9 Å². The highest BCUT2D eigenvalue weighted by atomic mass is 35.5. The largest absolute Gasteiger partial charge is 0.593 e. The number of anilines is 1. The normalized spacial score (nSPS) is 17.1. The van der Waals surface area contributed by atoms with Crippen molar-refractivity contribution in [2.45, 2.75) is 70.4 Å². The zero-order chi connectivity index (χ0) is 43.9. The van der Waals surface area contributed by atoms with Crippen molar-refractivity contribution in [2.75, 3.05) is 25.2 Å². The van der Waals surface area contributed by atoms with Gasteiger partial charge in [-0.05, 0) is 67.1 Å². The van der Waals surface area contributed by atoms with Crippen molar-refractivity contribution < 1.29 is 40.4 Å². The standard InChI is InChI=1S/C41H41ClF6N8O4S/c1-20-12-27-34(37(45)46)53-55(36(27)41(20,47)48)18-32(57)51-30(15-22-13-23(43)16-24(44)14-22)39-52-29-17-25(60-19-21-6-4-5-7-21)8-9-26(29)40(58)56(39)31-11-10-28(42)33(35(31)50-2)38(49)54-61(3)59/h8-11,13-14,16-17,20-21,30,37,50H,4-7,12,15,18-19H2,1-3H3,(H2,49,54)(H,51,57). The molecule has 2 heterocycles. The summed E-state index contributed by atoms with van der Waals surface area (Å²) in [6, 6.07) is 8.57. The molecule has 1 fully saturated rings. The third-order valence-electron chi connectivity index (χ3n) is 11.0. The molecule has 0 bridgehead atoms. The van der Waals surface area contributed by atoms with E-state index in [-0.39, 0.29) is 55.7 Å². The average Bonchev–Trinajstić information content (AvgIpc) is 3.89. The molecule has 12 nitrogen and oxygen atoms in total. The van der Waals surface area contributed by atoms with Gasteiger partial charge in [0.2, 0.25) is 5.91 Å². The molecule has 5 aromatic rings. The second kappa shape index (κ2) is 17.6. The van der Waals surface area contributed by atoms with Gasteiger partial charge in [-0.15, -0.1) is 0 Å². The topological polar surface area (TPSA) is 162 Å². The molecule has 2 aliphatic carbocycles. The number of alkyl halides is 4. The van der Waals surface area contributed by atoms with Crippen LogP contribution in [0.2, 0.25) is 5.02 Å². The molecule has 0 spiro atoms. The molecule has 20 heteroatoms. The van der Waals surface area contributed by atoms with Crippen LogP contribution in [0.5, 0.6) is 5.75 Å². The summed E-state index contributed by atoms with van der Waals surface area (Å²) in [6.07, 6.45) is 1.43. The summed E-state index contributed by atoms with van der Waals surface area (Å²) in [5, 5.41) is 18.1. The zero-order valence-electron chi connectivity index (χ0n) is 33.1. The van der Waals surface area contributed by atoms with Gasteiger partial charge in [0.1, 0.15) is 47.4 Å². The maximum atomic E-state index is 15.5. The number of amides is 1. The number of benzene rings is 3. The number of amidine groups is 1. The molecule has 1 saturated carbocycles. The van der Waals surface area contributed by atoms with Crippen LogP contribution in [-0.2, 0) is 41.5 Å². The van der Waals surface area contributed by atoms with E-state index in [0.29, 0.717) is 29.0 Å². The number of halogens is 7. The Morgan fingerprint density at radius 3 is 2.48 bits per heavy atom. The predicted molar refractivity (Wildman–Crippen MR) is 218 cm³/mol. The predicted octanol–water partition coefficient (Wildman–Crippen LogP) is 7.65. The number of nitrogens with one attached hydrogen (secondary N) is 4. The molecular weight excluding hydrogens is 850 g/mol. The van der Waals surface area contributed by atoms with Crippen molar-refractivity contribution in [2.24, 2.45) is 11.8 Å². The molecule has 324 valence electrons. The maximum absolute atomic E-state index is 15.5. The Hall–Kier alpha value is -5.27. The van der Waals surface area contributed by atoms with Gasteiger partial charge in [-0.3, -0.25) is 24.2 Å². The highest BCUT2D eigenvalue weighted by molar-refractivity contribution is 7.89. The fraction of sp³-hybridized carbons (Fsp3) is 0.390. The minimum Gasteiger partial charge on any atom is -0.593 e. The van der Waals surface area contributed by atoms with Crippen LogP contribution in [0.25, 0.3) is 16.6 Å². The summed E-state index contributed by atoms with van der Waals surface area (Å²) in [5.41, 5.74) is -2.59. The summed E-state index contributed by atoms with van der Waals surface area (Å²) >= 11 is 4.85. The SMILES string of the molecule is CNc1c(-n2c(C(Cc3cc(F)cc(F)c3)NC(=O)Cn3nc(C(F)F)c4c3C(F)(F)C(C)C4)nc3cc(OCC4CCCC4)ccc3c2=O)ccc(Cl)c1C(=N)N[S+](C)[O-]. The van der Waals surface area contributed by atoms with E-state index in [9.17, 15) is 31.7 Å². The average molecular weight is 891 g/mol. The third kappa shape index (κ3) is 8.90. The van der Waals surface area contributed by atoms with Crippen molar-refractivity contribution in [3.05, 3.63) is 109 Å². The molecule has 0 radical (unpaired) electrons. The lowest BCUT2D eigenvalue weighted by Crippen LogP contribution is -2.38. The van der Waals surface area contributed by atoms with E-state index in [2.05, 4.69) is 20.5 Å². The summed E-state index contributed by atoms with van der Waals surface area (Å²) in [6.45, 7) is 0.639. The number of hydrogen-bond acceptors (Lipinski definition) is 8. The second-order valence-corrected chi connectivity index (χ2v) is 16.8. The van der Waals surface area contributed by atoms with E-state index < -0.39 is 89.5 Å². The van der Waals surface area contributed by atoms with Crippen LogP contribution in [0.15, 0.2) is 53.3 Å². The van der Waals surface area contributed by atoms with Gasteiger partial charge in [0, 0.05) is 37.1 Å². The Labute approximate surface area is 353 Å². The highest BCUT2D eigenvalue weighted by Crippen LogP contribution is 2.48. The van der Waals surface area contributed by atoms with Crippen LogP contribution in [0.3, 0.4) is 0 Å². The molecule has 1 amide bonds. The highest BCUT2D eigenvalue weighted by Gasteiger charge is 2.51. The zero-order valence-corrected chi connectivity index (χ0v) is 34.6. The van der Waals surface area contributed by atoms with Gasteiger partial charge in [0.15, 0.2) is 5.84 Å². The molecular formula is C41H41ClF6N8O4S. The lowest BCUT2D eigenvalue weighted by atomic mass is 10.0. The Balaban J connectivity index is 1.41. The molecule has 61 heavy (non-hydrogen) atoms. The summed E-state index contributed by atoms with van der Waals surface area (Å²) in [5.74, 6) is -7.81. The van der Waals surface area contributed by atoms with E-state index in [0.717, 1.165) is 42.4 Å². The van der Waals surface area contributed by atoms with Crippen LogP contribution in [0.4, 0.5) is 32.0 Å². The number of ether oxygens (including phenoxy) is 1. The van der Waals surface area contributed by atoms with Crippen molar-refractivity contribution in [3.8, 4) is 11.4 Å². The molecule has 7 rings (SSSR count). The first kappa shape index (κ1) is 43.8. The lowest BCUT2D eigenvalue weighted by molar-refractivity contribution is -0.123. The van der Waals surface area contributed by atoms with Gasteiger partial charge in [-0.2, -0.15) is 18.6 Å². The van der Waals surface area contributed by atoms with Crippen LogP contribution in [0, 0.1) is 28.9 Å². The number of aromatic nitrogens is 4. The molecule has 0 saturated heterocycles. The van der Waals surface area contributed by atoms with E-state index >= 15 is 8.78 Å². The molecule has 3 unspecified atom stereocenters. The maximum Gasteiger partial charge on any atom is 0.292 e. The van der Waals surface area contributed by atoms with Crippen LogP contribution < -0.4 is 25.7 Å². The van der Waals surface area contributed by atoms with Crippen molar-refractivity contribution >= 4 is 51.3 Å². The first-order chi connectivity index (χ1) is 29.0. The fourth-order valence-electron chi connectivity index (χ4n) is 8.17. The van der Waals surface area contributed by atoms with E-state index in [1.807, 2.05) is 0 Å². The van der Waals surface area contributed by atoms with Gasteiger partial charge in [0.25, 0.3) is 17.9 Å². The number of hydrogen-bond donors (Lipinski definition) is 4. The van der Waals surface area contributed by atoms with Crippen molar-refractivity contribution in [1.82, 2.24) is 29.4 Å². The molecule has 0 aliphatic heterocycles. The third-order valence-corrected chi connectivity index (χ3v) is 11.8. The minimum absolute atomic E-state index is 0.00390. The molecule has 4 N–H and O–H groups in total. The molecule has 2 aromatic heterocycles. The molecule has 2 aliphatic rings. The fourth-order valence-corrected chi connectivity index (χ4v) is 8.81. The summed E-state index contributed by atoms with van der Waals surface area (Å²) in [7, 11) is 1.48. The summed E-state index contributed by atoms with van der Waals surface area (Å²) < 4.78 is 111. The number of carbonyl (C=O) groups excluding carboxylic acids is 1. The monoisotopic (exact) mass is 890 g/mol. The minimum atomic E-state index is -3.60. The number of fused-ring (bicyclic) bond motifs is 2.